The van der Waals surface area contributed by atoms with Crippen molar-refractivity contribution in [1.82, 2.24) is 5.32 Å². The molecule has 1 aromatic rings. The number of nitrogens with one attached hydrogen (secondary N) is 1. The van der Waals surface area contributed by atoms with Gasteiger partial charge in [0.1, 0.15) is 11.4 Å². The predicted octanol–water partition coefficient (Wildman–Crippen LogP) is 5.21. The molecule has 2 saturated heterocycles. The number of carbonyl (C=O) groups excluding carboxylic acids is 4. The molecule has 1 spiro atoms. The third-order valence-electron chi connectivity index (χ3n) is 11.6. The fourth-order valence-electron chi connectivity index (χ4n) is 9.34. The first-order chi connectivity index (χ1) is 19.5. The molecule has 1 N–H and O–H groups in total. The van der Waals surface area contributed by atoms with Crippen molar-refractivity contribution in [2.75, 3.05) is 0 Å². The number of rotatable bonds is 0. The van der Waals surface area contributed by atoms with Crippen molar-refractivity contribution in [3.63, 3.8) is 0 Å². The molecule has 8 atom stereocenters. The lowest BCUT2D eigenvalue weighted by atomic mass is 9.66. The minimum absolute atomic E-state index is 0.202. The Bertz CT molecular complexity index is 1540. The monoisotopic (exact) mass is 557 g/mol. The summed E-state index contributed by atoms with van der Waals surface area (Å²) in [4.78, 5) is 49.1. The van der Waals surface area contributed by atoms with Gasteiger partial charge in [0.25, 0.3) is 0 Å². The van der Waals surface area contributed by atoms with E-state index in [9.17, 15) is 19.2 Å². The summed E-state index contributed by atoms with van der Waals surface area (Å²) in [5, 5.41) is 2.51. The van der Waals surface area contributed by atoms with Gasteiger partial charge in [0.2, 0.25) is 11.8 Å². The van der Waals surface area contributed by atoms with Crippen molar-refractivity contribution in [3.05, 3.63) is 51.0 Å². The molecule has 1 saturated carbocycles. The molecule has 7 aliphatic rings. The number of fused-ring (bicyclic) bond motifs is 8. The Morgan fingerprint density at radius 3 is 2.20 bits per heavy atom. The highest BCUT2D eigenvalue weighted by Crippen LogP contribution is 2.64. The van der Waals surface area contributed by atoms with Crippen molar-refractivity contribution in [2.45, 2.75) is 91.8 Å². The summed E-state index contributed by atoms with van der Waals surface area (Å²) >= 11 is 0. The molecule has 0 radical (unpaired) electrons. The van der Waals surface area contributed by atoms with Crippen LogP contribution in [0.25, 0.3) is 5.57 Å². The molecular weight excluding hydrogens is 518 g/mol. The second-order valence-corrected chi connectivity index (χ2v) is 13.6. The molecule has 216 valence electrons. The molecule has 4 heterocycles. The number of ketones is 2. The van der Waals surface area contributed by atoms with Gasteiger partial charge in [0.15, 0.2) is 11.6 Å². The van der Waals surface area contributed by atoms with E-state index < -0.39 is 17.4 Å². The van der Waals surface area contributed by atoms with Crippen LogP contribution in [0.2, 0.25) is 0 Å². The smallest absolute Gasteiger partial charge is 0.233 e. The summed E-state index contributed by atoms with van der Waals surface area (Å²) in [5.74, 6) is 1.98. The molecule has 2 amide bonds. The summed E-state index contributed by atoms with van der Waals surface area (Å²) in [6, 6.07) is 0. The Labute approximate surface area is 240 Å². The van der Waals surface area contributed by atoms with Crippen LogP contribution in [0.1, 0.15) is 83.6 Å². The summed E-state index contributed by atoms with van der Waals surface area (Å²) in [6.07, 6.45) is 6.57. The molecule has 3 aliphatic heterocycles. The number of hydrogen-bond acceptors (Lipinski definition) is 6. The zero-order valence-corrected chi connectivity index (χ0v) is 24.8. The molecule has 4 aliphatic carbocycles. The van der Waals surface area contributed by atoms with Gasteiger partial charge in [-0.05, 0) is 110 Å². The second-order valence-electron chi connectivity index (χ2n) is 13.6. The van der Waals surface area contributed by atoms with Crippen LogP contribution in [0.3, 0.4) is 0 Å². The van der Waals surface area contributed by atoms with Gasteiger partial charge in [-0.25, -0.2) is 0 Å². The molecule has 41 heavy (non-hydrogen) atoms. The molecule has 0 unspecified atom stereocenters. The van der Waals surface area contributed by atoms with Crippen LogP contribution in [-0.2, 0) is 30.3 Å². The van der Waals surface area contributed by atoms with Crippen LogP contribution < -0.4 is 5.32 Å². The molecule has 8 rings (SSSR count). The summed E-state index contributed by atoms with van der Waals surface area (Å²) in [5.41, 5.74) is 8.05. The zero-order chi connectivity index (χ0) is 29.1. The molecule has 3 fully saturated rings. The van der Waals surface area contributed by atoms with E-state index in [1.54, 1.807) is 0 Å². The van der Waals surface area contributed by atoms with Gasteiger partial charge in [-0.3, -0.25) is 24.5 Å². The van der Waals surface area contributed by atoms with Crippen molar-refractivity contribution in [3.8, 4) is 0 Å². The largest absolute Gasteiger partial charge is 0.468 e. The van der Waals surface area contributed by atoms with Crippen molar-refractivity contribution in [1.29, 1.82) is 0 Å². The molecular formula is C34H39NO6. The third kappa shape index (κ3) is 3.47. The van der Waals surface area contributed by atoms with Crippen LogP contribution in [0.15, 0.2) is 38.5 Å². The SMILES string of the molecule is CC1=C2C3=C(C)[C@H]4O[C@]3(CC[C@H](C)[C@H]2CC1=O)[C@@H]1C(=O)NC(=O)[C@H]41.CC1=C2c3c(C)coc3CC[C@H](C)[C@H]2CC1=O. The molecule has 7 heteroatoms. The fourth-order valence-corrected chi connectivity index (χ4v) is 9.34. The van der Waals surface area contributed by atoms with Gasteiger partial charge in [-0.2, -0.15) is 0 Å². The average molecular weight is 558 g/mol. The lowest BCUT2D eigenvalue weighted by molar-refractivity contribution is -0.130. The zero-order valence-electron chi connectivity index (χ0n) is 24.8. The highest BCUT2D eigenvalue weighted by Gasteiger charge is 2.71. The van der Waals surface area contributed by atoms with Gasteiger partial charge in [-0.1, -0.05) is 13.8 Å². The minimum atomic E-state index is -0.708. The van der Waals surface area contributed by atoms with E-state index in [0.29, 0.717) is 36.4 Å². The highest BCUT2D eigenvalue weighted by atomic mass is 16.5. The first-order valence-electron chi connectivity index (χ1n) is 15.3. The first kappa shape index (κ1) is 26.8. The Balaban J connectivity index is 0.000000143. The highest BCUT2D eigenvalue weighted by molar-refractivity contribution is 6.09. The van der Waals surface area contributed by atoms with Crippen molar-refractivity contribution < 1.29 is 28.3 Å². The molecule has 7 nitrogen and oxygen atoms in total. The number of Topliss-reactive ketones (excluding diaryl/α,β-unsaturated/α-hetero) is 2. The lowest BCUT2D eigenvalue weighted by Gasteiger charge is -2.34. The van der Waals surface area contributed by atoms with Crippen LogP contribution >= 0.6 is 0 Å². The van der Waals surface area contributed by atoms with E-state index in [2.05, 4.69) is 26.1 Å². The van der Waals surface area contributed by atoms with E-state index in [0.717, 1.165) is 59.3 Å². The van der Waals surface area contributed by atoms with E-state index in [-0.39, 0.29) is 29.6 Å². The van der Waals surface area contributed by atoms with Crippen LogP contribution in [0.4, 0.5) is 0 Å². The van der Waals surface area contributed by atoms with E-state index in [1.807, 2.05) is 27.0 Å². The number of hydrogen-bond donors (Lipinski definition) is 1. The maximum atomic E-state index is 12.5. The maximum Gasteiger partial charge on any atom is 0.233 e. The van der Waals surface area contributed by atoms with E-state index in [1.165, 1.54) is 16.7 Å². The van der Waals surface area contributed by atoms with Crippen LogP contribution in [0.5, 0.6) is 0 Å². The molecule has 1 aromatic heterocycles. The van der Waals surface area contributed by atoms with Crippen molar-refractivity contribution in [2.24, 2.45) is 35.5 Å². The topological polar surface area (TPSA) is 103 Å². The van der Waals surface area contributed by atoms with E-state index in [4.69, 9.17) is 9.15 Å². The van der Waals surface area contributed by atoms with Gasteiger partial charge in [0.05, 0.1) is 24.2 Å². The Hall–Kier alpha value is -3.06. The van der Waals surface area contributed by atoms with Gasteiger partial charge >= 0.3 is 0 Å². The Morgan fingerprint density at radius 1 is 0.854 bits per heavy atom. The fraction of sp³-hybridized carbons (Fsp3) is 0.588. The number of ether oxygens (including phenoxy) is 1. The minimum Gasteiger partial charge on any atom is -0.468 e. The Kier molecular flexibility index (Phi) is 5.87. The lowest BCUT2D eigenvalue weighted by Crippen LogP contribution is -2.43. The van der Waals surface area contributed by atoms with Gasteiger partial charge in [0, 0.05) is 24.8 Å². The number of furan rings is 1. The quantitative estimate of drug-likeness (QED) is 0.440. The van der Waals surface area contributed by atoms with Crippen LogP contribution in [-0.4, -0.2) is 35.1 Å². The Morgan fingerprint density at radius 2 is 1.49 bits per heavy atom. The predicted molar refractivity (Wildman–Crippen MR) is 151 cm³/mol. The molecule has 2 bridgehead atoms. The van der Waals surface area contributed by atoms with Crippen LogP contribution in [0, 0.1) is 42.4 Å². The van der Waals surface area contributed by atoms with Gasteiger partial charge in [-0.15, -0.1) is 0 Å². The number of allylic oxidation sites excluding steroid dienone is 3. The van der Waals surface area contributed by atoms with E-state index >= 15 is 0 Å². The number of amides is 2. The van der Waals surface area contributed by atoms with Crippen molar-refractivity contribution >= 4 is 29.0 Å². The normalized spacial score (nSPS) is 38.7. The number of imide groups is 1. The number of carbonyl (C=O) groups is 4. The summed E-state index contributed by atoms with van der Waals surface area (Å²) in [7, 11) is 0. The number of aryl methyl sites for hydroxylation is 2. The summed E-state index contributed by atoms with van der Waals surface area (Å²) in [6.45, 7) is 12.4. The average Bonchev–Trinajstić information content (AvgIpc) is 3.71. The first-order valence-corrected chi connectivity index (χ1v) is 15.3. The van der Waals surface area contributed by atoms with Gasteiger partial charge < -0.3 is 9.15 Å². The third-order valence-corrected chi connectivity index (χ3v) is 11.6. The molecule has 0 aromatic carbocycles. The standard InChI is InChI=1S/C19H21NO4.C15H18O2/c1-7-4-5-19-14(12-8(2)11(21)6-10(7)12)9(3)16(24-19)13-15(19)18(23)20-17(13)22;1-8-4-5-13-14(9(2)7-17-13)15-10(3)12(16)6-11(8)15/h7,10,13,15-16H,4-6H2,1-3H3,(H,20,22,23);7-8,11H,4-6H2,1-3H3/t7-,10+,13-,15-,16+,19-;8-,11+/m00/s1. The second kappa shape index (κ2) is 8.97. The maximum absolute atomic E-state index is 12.5. The summed E-state index contributed by atoms with van der Waals surface area (Å²) < 4.78 is 12.1.